The van der Waals surface area contributed by atoms with Crippen molar-refractivity contribution in [3.8, 4) is 44.5 Å². The van der Waals surface area contributed by atoms with Gasteiger partial charge in [0.25, 0.3) is 0 Å². The molecule has 2 aliphatic carbocycles. The first-order chi connectivity index (χ1) is 35.1. The van der Waals surface area contributed by atoms with Crippen molar-refractivity contribution in [2.45, 2.75) is 19.8 Å². The van der Waals surface area contributed by atoms with Crippen LogP contribution in [-0.2, 0) is 0 Å². The molecular formula is C71H46. The average molecular weight is 899 g/mol. The highest BCUT2D eigenvalue weighted by Gasteiger charge is 2.33. The van der Waals surface area contributed by atoms with Crippen LogP contribution in [-0.4, -0.2) is 0 Å². The van der Waals surface area contributed by atoms with Crippen LogP contribution in [0.4, 0.5) is 0 Å². The SMILES string of the molecule is C\C1=C(c2ccccc2)/C=C(c2cc3ccc4ccc5c6c(cc(c2)c3c46)-c2c-5c(-c3cccc4ccccc34)c3cc4ccccc4cc3c2-c2cccc3ccccc23)\C=C(\c2ccccc2)CC1. The Labute approximate surface area is 413 Å². The minimum absolute atomic E-state index is 0.973. The zero-order valence-corrected chi connectivity index (χ0v) is 39.4. The number of benzene rings is 13. The summed E-state index contributed by atoms with van der Waals surface area (Å²) in [4.78, 5) is 0. The van der Waals surface area contributed by atoms with E-state index in [-0.39, 0.29) is 0 Å². The van der Waals surface area contributed by atoms with Gasteiger partial charge in [-0.25, -0.2) is 0 Å². The Balaban J connectivity index is 1.10. The van der Waals surface area contributed by atoms with Crippen molar-refractivity contribution in [3.05, 3.63) is 259 Å². The molecule has 0 heterocycles. The lowest BCUT2D eigenvalue weighted by atomic mass is 9.80. The molecule has 0 fully saturated rings. The summed E-state index contributed by atoms with van der Waals surface area (Å²) in [7, 11) is 0. The summed E-state index contributed by atoms with van der Waals surface area (Å²) in [6, 6.07) is 84.6. The molecule has 0 N–H and O–H groups in total. The third-order valence-electron chi connectivity index (χ3n) is 16.0. The third kappa shape index (κ3) is 6.11. The molecular weight excluding hydrogens is 853 g/mol. The van der Waals surface area contributed by atoms with E-state index in [1.807, 2.05) is 0 Å². The number of hydrogen-bond donors (Lipinski definition) is 0. The molecule has 2 aliphatic rings. The van der Waals surface area contributed by atoms with Crippen LogP contribution in [0.25, 0.3) is 137 Å². The Hall–Kier alpha value is -8.84. The molecule has 15 rings (SSSR count). The van der Waals surface area contributed by atoms with Gasteiger partial charge >= 0.3 is 0 Å². The van der Waals surface area contributed by atoms with Gasteiger partial charge in [0.15, 0.2) is 0 Å². The summed E-state index contributed by atoms with van der Waals surface area (Å²) in [6.45, 7) is 2.33. The van der Waals surface area contributed by atoms with Crippen LogP contribution in [0.2, 0.25) is 0 Å². The molecule has 71 heavy (non-hydrogen) atoms. The molecule has 0 nitrogen and oxygen atoms in total. The molecule has 0 spiro atoms. The van der Waals surface area contributed by atoms with Crippen molar-refractivity contribution in [1.29, 1.82) is 0 Å². The molecule has 0 bridgehead atoms. The zero-order valence-electron chi connectivity index (χ0n) is 39.4. The van der Waals surface area contributed by atoms with Gasteiger partial charge in [-0.1, -0.05) is 206 Å². The molecule has 0 unspecified atom stereocenters. The molecule has 0 amide bonds. The van der Waals surface area contributed by atoms with Gasteiger partial charge in [0.1, 0.15) is 0 Å². The van der Waals surface area contributed by atoms with Crippen molar-refractivity contribution < 1.29 is 0 Å². The number of fused-ring (bicyclic) bond motifs is 7. The van der Waals surface area contributed by atoms with Crippen LogP contribution in [0.15, 0.2) is 242 Å². The molecule has 13 aromatic carbocycles. The second-order valence-corrected chi connectivity index (χ2v) is 19.9. The Morgan fingerprint density at radius 2 is 0.817 bits per heavy atom. The van der Waals surface area contributed by atoms with E-state index < -0.39 is 0 Å². The second-order valence-electron chi connectivity index (χ2n) is 19.9. The number of rotatable bonds is 5. The summed E-state index contributed by atoms with van der Waals surface area (Å²) in [6.07, 6.45) is 6.93. The first kappa shape index (κ1) is 40.1. The van der Waals surface area contributed by atoms with E-state index in [0.29, 0.717) is 0 Å². The zero-order chi connectivity index (χ0) is 46.7. The maximum absolute atomic E-state index is 2.57. The Bertz CT molecular complexity index is 4470. The predicted molar refractivity (Wildman–Crippen MR) is 306 cm³/mol. The van der Waals surface area contributed by atoms with Gasteiger partial charge in [-0.05, 0) is 209 Å². The van der Waals surface area contributed by atoms with Gasteiger partial charge in [0, 0.05) is 0 Å². The molecule has 0 aliphatic heterocycles. The van der Waals surface area contributed by atoms with Crippen molar-refractivity contribution >= 4 is 92.1 Å². The summed E-state index contributed by atoms with van der Waals surface area (Å²) in [5.74, 6) is 0. The summed E-state index contributed by atoms with van der Waals surface area (Å²) >= 11 is 0. The molecule has 330 valence electrons. The lowest BCUT2D eigenvalue weighted by Crippen LogP contribution is -1.97. The topological polar surface area (TPSA) is 0 Å². The standard InChI is InChI=1S/C71H46/c1-43-30-31-51(44-16-4-2-5-17-44)36-54(41-61(43)47-18-6-3-7-19-47)53-37-52-33-32-48-34-35-60-69-64(42-55(38-53)65(52)66(48)69)71-68(59-29-15-25-46-21-11-13-27-57(46)59)63-40-50-23-9-8-22-49(50)39-62(63)67(70(60)71)58-28-14-24-45-20-10-12-26-56(45)58/h2-29,32-42H,30-31H2,1H3/b51-36+,54-41+,61-43-. The summed E-state index contributed by atoms with van der Waals surface area (Å²) in [5, 5.41) is 17.9. The van der Waals surface area contributed by atoms with Gasteiger partial charge in [-0.2, -0.15) is 0 Å². The first-order valence-corrected chi connectivity index (χ1v) is 25.1. The lowest BCUT2D eigenvalue weighted by Gasteiger charge is -2.23. The van der Waals surface area contributed by atoms with Crippen molar-refractivity contribution in [2.24, 2.45) is 0 Å². The quantitative estimate of drug-likeness (QED) is 0.119. The molecule has 0 radical (unpaired) electrons. The maximum Gasteiger partial charge on any atom is -0.000696 e. The van der Waals surface area contributed by atoms with Crippen LogP contribution in [0.5, 0.6) is 0 Å². The van der Waals surface area contributed by atoms with Gasteiger partial charge < -0.3 is 0 Å². The van der Waals surface area contributed by atoms with Crippen LogP contribution >= 0.6 is 0 Å². The smallest absolute Gasteiger partial charge is 0.000696 e. The van der Waals surface area contributed by atoms with Crippen molar-refractivity contribution in [1.82, 2.24) is 0 Å². The van der Waals surface area contributed by atoms with Gasteiger partial charge in [-0.3, -0.25) is 0 Å². The molecule has 0 saturated carbocycles. The number of allylic oxidation sites excluding steroid dienone is 6. The summed E-state index contributed by atoms with van der Waals surface area (Å²) < 4.78 is 0. The molecule has 0 atom stereocenters. The number of hydrogen-bond acceptors (Lipinski definition) is 0. The maximum atomic E-state index is 2.57. The highest BCUT2D eigenvalue weighted by molar-refractivity contribution is 6.37. The lowest BCUT2D eigenvalue weighted by molar-refractivity contribution is 0.994. The van der Waals surface area contributed by atoms with Gasteiger partial charge in [0.2, 0.25) is 0 Å². The van der Waals surface area contributed by atoms with E-state index in [1.165, 1.54) is 159 Å². The minimum atomic E-state index is 0.973. The van der Waals surface area contributed by atoms with E-state index in [9.17, 15) is 0 Å². The van der Waals surface area contributed by atoms with Gasteiger partial charge in [0.05, 0.1) is 0 Å². The predicted octanol–water partition coefficient (Wildman–Crippen LogP) is 19.9. The first-order valence-electron chi connectivity index (χ1n) is 25.1. The fourth-order valence-electron chi connectivity index (χ4n) is 12.7. The van der Waals surface area contributed by atoms with Crippen LogP contribution in [0.1, 0.15) is 36.5 Å². The van der Waals surface area contributed by atoms with Crippen LogP contribution < -0.4 is 0 Å². The minimum Gasteiger partial charge on any atom is -0.0651 e. The van der Waals surface area contributed by atoms with Crippen LogP contribution in [0, 0.1) is 0 Å². The van der Waals surface area contributed by atoms with Crippen LogP contribution in [0.3, 0.4) is 0 Å². The fraction of sp³-hybridized carbons (Fsp3) is 0.0423. The highest BCUT2D eigenvalue weighted by atomic mass is 14.4. The highest BCUT2D eigenvalue weighted by Crippen LogP contribution is 2.61. The van der Waals surface area contributed by atoms with E-state index in [4.69, 9.17) is 0 Å². The summed E-state index contributed by atoms with van der Waals surface area (Å²) in [5.41, 5.74) is 19.5. The van der Waals surface area contributed by atoms with Crippen molar-refractivity contribution in [2.75, 3.05) is 0 Å². The van der Waals surface area contributed by atoms with E-state index in [2.05, 4.69) is 244 Å². The Morgan fingerprint density at radius 3 is 1.48 bits per heavy atom. The average Bonchev–Trinajstić information content (AvgIpc) is 3.75. The Kier molecular flexibility index (Phi) is 8.80. The van der Waals surface area contributed by atoms with Crippen molar-refractivity contribution in [3.63, 3.8) is 0 Å². The monoisotopic (exact) mass is 898 g/mol. The third-order valence-corrected chi connectivity index (χ3v) is 16.0. The van der Waals surface area contributed by atoms with Gasteiger partial charge in [-0.15, -0.1) is 0 Å². The largest absolute Gasteiger partial charge is 0.0651 e. The molecule has 0 heteroatoms. The van der Waals surface area contributed by atoms with E-state index >= 15 is 0 Å². The molecule has 0 aromatic heterocycles. The van der Waals surface area contributed by atoms with E-state index in [1.54, 1.807) is 0 Å². The fourth-order valence-corrected chi connectivity index (χ4v) is 12.7. The normalized spacial score (nSPS) is 16.2. The Morgan fingerprint density at radius 1 is 0.282 bits per heavy atom. The molecule has 0 saturated heterocycles. The second kappa shape index (κ2) is 15.6. The molecule has 13 aromatic rings. The van der Waals surface area contributed by atoms with E-state index in [0.717, 1.165) is 12.8 Å².